The van der Waals surface area contributed by atoms with Crippen LogP contribution >= 0.6 is 0 Å². The maximum Gasteiger partial charge on any atom is 0.306 e. The summed E-state index contributed by atoms with van der Waals surface area (Å²) in [5.41, 5.74) is 0. The second-order valence-corrected chi connectivity index (χ2v) is 17.7. The van der Waals surface area contributed by atoms with Gasteiger partial charge in [-0.1, -0.05) is 261 Å². The average molecular weight is 854 g/mol. The average Bonchev–Trinajstić information content (AvgIpc) is 3.25. The molecule has 0 aliphatic carbocycles. The molecule has 6 heteroatoms. The molecule has 0 aromatic rings. The van der Waals surface area contributed by atoms with Gasteiger partial charge >= 0.3 is 5.97 Å². The fourth-order valence-corrected chi connectivity index (χ4v) is 7.81. The molecule has 0 rings (SSSR count). The number of esters is 1. The molecule has 3 unspecified atom stereocenters. The summed E-state index contributed by atoms with van der Waals surface area (Å²) in [5.74, 6) is -0.540. The fraction of sp³-hybridized carbons (Fsp3) is 0.782. The Balaban J connectivity index is 4.62. The highest BCUT2D eigenvalue weighted by molar-refractivity contribution is 5.77. The Hall–Kier alpha value is -2.44. The Morgan fingerprint density at radius 3 is 1.31 bits per heavy atom. The zero-order chi connectivity index (χ0) is 44.5. The van der Waals surface area contributed by atoms with Gasteiger partial charge in [-0.05, 0) is 38.5 Å². The van der Waals surface area contributed by atoms with E-state index in [0.29, 0.717) is 19.3 Å². The van der Waals surface area contributed by atoms with Crippen LogP contribution in [0.4, 0.5) is 0 Å². The van der Waals surface area contributed by atoms with Crippen molar-refractivity contribution in [2.45, 2.75) is 270 Å². The number of carbonyl (C=O) groups excluding carboxylic acids is 2. The van der Waals surface area contributed by atoms with Gasteiger partial charge in [-0.3, -0.25) is 9.59 Å². The lowest BCUT2D eigenvalue weighted by Gasteiger charge is -2.24. The molecule has 6 nitrogen and oxygen atoms in total. The van der Waals surface area contributed by atoms with Gasteiger partial charge in [-0.15, -0.1) is 0 Å². The smallest absolute Gasteiger partial charge is 0.306 e. The maximum absolute atomic E-state index is 13.2. The van der Waals surface area contributed by atoms with Crippen molar-refractivity contribution in [3.63, 3.8) is 0 Å². The first-order chi connectivity index (χ1) is 30.0. The van der Waals surface area contributed by atoms with Crippen LogP contribution in [0.3, 0.4) is 0 Å². The molecular formula is C55H99NO5. The third-order valence-electron chi connectivity index (χ3n) is 11.7. The second kappa shape index (κ2) is 48.6. The first-order valence-electron chi connectivity index (χ1n) is 26.1. The van der Waals surface area contributed by atoms with Crippen LogP contribution < -0.4 is 5.32 Å². The third kappa shape index (κ3) is 44.0. The Morgan fingerprint density at radius 1 is 0.492 bits per heavy atom. The van der Waals surface area contributed by atoms with Crippen LogP contribution in [-0.2, 0) is 14.3 Å². The van der Waals surface area contributed by atoms with Crippen molar-refractivity contribution in [1.29, 1.82) is 0 Å². The molecule has 0 fully saturated rings. The van der Waals surface area contributed by atoms with Crippen molar-refractivity contribution in [1.82, 2.24) is 5.32 Å². The van der Waals surface area contributed by atoms with Crippen LogP contribution in [0.5, 0.6) is 0 Å². The Labute approximate surface area is 378 Å². The van der Waals surface area contributed by atoms with E-state index in [1.807, 2.05) is 48.6 Å². The number of aliphatic hydroxyl groups excluding tert-OH is 2. The number of nitrogens with one attached hydrogen (secondary N) is 1. The Bertz CT molecular complexity index is 1090. The summed E-state index contributed by atoms with van der Waals surface area (Å²) in [6.07, 6.45) is 60.0. The molecule has 61 heavy (non-hydrogen) atoms. The lowest BCUT2D eigenvalue weighted by atomic mass is 10.0. The summed E-state index contributed by atoms with van der Waals surface area (Å²) in [7, 11) is 0. The van der Waals surface area contributed by atoms with E-state index in [4.69, 9.17) is 4.74 Å². The molecule has 3 N–H and O–H groups in total. The molecule has 0 aliphatic heterocycles. The minimum absolute atomic E-state index is 0.0297. The van der Waals surface area contributed by atoms with Crippen molar-refractivity contribution in [3.8, 4) is 0 Å². The van der Waals surface area contributed by atoms with Gasteiger partial charge in [0.05, 0.1) is 25.2 Å². The van der Waals surface area contributed by atoms with E-state index in [0.717, 1.165) is 57.8 Å². The predicted octanol–water partition coefficient (Wildman–Crippen LogP) is 15.6. The molecule has 3 atom stereocenters. The van der Waals surface area contributed by atoms with Gasteiger partial charge in [0.1, 0.15) is 6.10 Å². The summed E-state index contributed by atoms with van der Waals surface area (Å²) in [6.45, 7) is 6.33. The lowest BCUT2D eigenvalue weighted by molar-refractivity contribution is -0.151. The van der Waals surface area contributed by atoms with E-state index >= 15 is 0 Å². The highest BCUT2D eigenvalue weighted by Gasteiger charge is 2.24. The Kier molecular flexibility index (Phi) is 46.6. The van der Waals surface area contributed by atoms with E-state index < -0.39 is 18.2 Å². The fourth-order valence-electron chi connectivity index (χ4n) is 7.81. The van der Waals surface area contributed by atoms with Gasteiger partial charge in [0, 0.05) is 6.42 Å². The number of carbonyl (C=O) groups is 2. The van der Waals surface area contributed by atoms with Gasteiger partial charge in [0.25, 0.3) is 0 Å². The number of hydrogen-bond acceptors (Lipinski definition) is 5. The largest absolute Gasteiger partial charge is 0.462 e. The standard InChI is InChI=1S/C55H99NO5/c1-4-7-10-13-16-19-22-25-26-27-28-30-33-36-39-42-45-48-55(60)61-51(46-43-40-37-34-31-29-23-20-17-14-11-8-5-2)49-54(59)56-52(50-57)53(58)47-44-41-38-35-32-24-21-18-15-12-9-6-3/h8,11,14,17,20,23,29,31,34,37,51-53,57-58H,4-7,9-10,12-13,15-16,18-19,21-22,24-28,30,32-33,35-36,38-50H2,1-3H3,(H,56,59)/b11-8+,17-14+,23-20-,31-29-,37-34+. The van der Waals surface area contributed by atoms with Crippen molar-refractivity contribution < 1.29 is 24.5 Å². The first-order valence-corrected chi connectivity index (χ1v) is 26.1. The van der Waals surface area contributed by atoms with Crippen molar-refractivity contribution in [3.05, 3.63) is 60.8 Å². The molecular weight excluding hydrogens is 755 g/mol. The van der Waals surface area contributed by atoms with E-state index in [-0.39, 0.29) is 24.9 Å². The number of aliphatic hydroxyl groups is 2. The van der Waals surface area contributed by atoms with E-state index in [2.05, 4.69) is 38.2 Å². The number of ether oxygens (including phenoxy) is 1. The van der Waals surface area contributed by atoms with E-state index in [1.54, 1.807) is 0 Å². The third-order valence-corrected chi connectivity index (χ3v) is 11.7. The van der Waals surface area contributed by atoms with Gasteiger partial charge in [0.2, 0.25) is 5.91 Å². The SMILES string of the molecule is CC/C=C/C=C/C=C\C=C/C=C/CCCC(CC(=O)NC(CO)C(O)CCCCCCCCCCCCCC)OC(=O)CCCCCCCCCCCCCCCCCCC. The van der Waals surface area contributed by atoms with Crippen LogP contribution in [0.15, 0.2) is 60.8 Å². The van der Waals surface area contributed by atoms with Crippen LogP contribution in [0, 0.1) is 0 Å². The molecule has 354 valence electrons. The molecule has 0 spiro atoms. The summed E-state index contributed by atoms with van der Waals surface area (Å²) in [6, 6.07) is -0.724. The summed E-state index contributed by atoms with van der Waals surface area (Å²) < 4.78 is 5.90. The molecule has 0 heterocycles. The van der Waals surface area contributed by atoms with E-state index in [1.165, 1.54) is 148 Å². The molecule has 1 amide bonds. The highest BCUT2D eigenvalue weighted by atomic mass is 16.5. The Morgan fingerprint density at radius 2 is 0.885 bits per heavy atom. The zero-order valence-corrected chi connectivity index (χ0v) is 40.3. The van der Waals surface area contributed by atoms with Crippen molar-refractivity contribution >= 4 is 11.9 Å². The van der Waals surface area contributed by atoms with Gasteiger partial charge in [-0.2, -0.15) is 0 Å². The molecule has 0 bridgehead atoms. The monoisotopic (exact) mass is 854 g/mol. The number of allylic oxidation sites excluding steroid dienone is 10. The van der Waals surface area contributed by atoms with Crippen molar-refractivity contribution in [2.24, 2.45) is 0 Å². The molecule has 0 radical (unpaired) electrons. The number of amides is 1. The molecule has 0 saturated carbocycles. The van der Waals surface area contributed by atoms with Gasteiger partial charge in [-0.25, -0.2) is 0 Å². The molecule has 0 aliphatic rings. The molecule has 0 aromatic carbocycles. The van der Waals surface area contributed by atoms with Crippen LogP contribution in [-0.4, -0.2) is 46.9 Å². The minimum atomic E-state index is -0.806. The first kappa shape index (κ1) is 58.6. The predicted molar refractivity (Wildman–Crippen MR) is 264 cm³/mol. The summed E-state index contributed by atoms with van der Waals surface area (Å²) >= 11 is 0. The van der Waals surface area contributed by atoms with Crippen LogP contribution in [0.2, 0.25) is 0 Å². The quantitative estimate of drug-likeness (QED) is 0.0322. The van der Waals surface area contributed by atoms with Gasteiger partial charge < -0.3 is 20.3 Å². The summed E-state index contributed by atoms with van der Waals surface area (Å²) in [5, 5.41) is 23.7. The molecule has 0 saturated heterocycles. The lowest BCUT2D eigenvalue weighted by Crippen LogP contribution is -2.46. The van der Waals surface area contributed by atoms with Gasteiger partial charge in [0.15, 0.2) is 0 Å². The normalized spacial score (nSPS) is 13.7. The zero-order valence-electron chi connectivity index (χ0n) is 40.3. The minimum Gasteiger partial charge on any atom is -0.462 e. The number of hydrogen-bond donors (Lipinski definition) is 3. The highest BCUT2D eigenvalue weighted by Crippen LogP contribution is 2.18. The maximum atomic E-state index is 13.2. The van der Waals surface area contributed by atoms with Crippen molar-refractivity contribution in [2.75, 3.05) is 6.61 Å². The summed E-state index contributed by atoms with van der Waals surface area (Å²) in [4.78, 5) is 26.1. The van der Waals surface area contributed by atoms with Crippen LogP contribution in [0.25, 0.3) is 0 Å². The molecule has 0 aromatic heterocycles. The second-order valence-electron chi connectivity index (χ2n) is 17.7. The topological polar surface area (TPSA) is 95.9 Å². The van der Waals surface area contributed by atoms with E-state index in [9.17, 15) is 19.8 Å². The number of unbranched alkanes of at least 4 members (excludes halogenated alkanes) is 28. The van der Waals surface area contributed by atoms with Crippen LogP contribution in [0.1, 0.15) is 252 Å². The number of rotatable bonds is 46.